The fourth-order valence-corrected chi connectivity index (χ4v) is 5.18. The normalized spacial score (nSPS) is 27.6. The lowest BCUT2D eigenvalue weighted by atomic mass is 9.72. The van der Waals surface area contributed by atoms with E-state index in [0.717, 1.165) is 19.1 Å². The summed E-state index contributed by atoms with van der Waals surface area (Å²) < 4.78 is 28.9. The third-order valence-corrected chi connectivity index (χ3v) is 6.91. The zero-order valence-corrected chi connectivity index (χ0v) is 16.2. The van der Waals surface area contributed by atoms with E-state index in [2.05, 4.69) is 0 Å². The standard InChI is InChI=1S/C19H25NO5S/c1-4-19(18(22)25-5-2)12-14-9-10-16(19)20(14)17(21)13-7-6-8-15(11-13)26(3,23)24/h6-8,11,14,16H,4-5,9-10,12H2,1-3H3/t14-,16+,19+/m1/s1. The molecule has 1 aromatic rings. The lowest BCUT2D eigenvalue weighted by Crippen LogP contribution is -2.45. The lowest BCUT2D eigenvalue weighted by molar-refractivity contribution is -0.157. The van der Waals surface area contributed by atoms with E-state index in [-0.39, 0.29) is 28.9 Å². The second-order valence-electron chi connectivity index (χ2n) is 7.19. The summed E-state index contributed by atoms with van der Waals surface area (Å²) in [6.45, 7) is 4.07. The number of carbonyl (C=O) groups is 2. The minimum absolute atomic E-state index is 0.00116. The van der Waals surface area contributed by atoms with Crippen molar-refractivity contribution in [3.63, 3.8) is 0 Å². The van der Waals surface area contributed by atoms with Crippen molar-refractivity contribution in [3.05, 3.63) is 29.8 Å². The Morgan fingerprint density at radius 2 is 2.00 bits per heavy atom. The van der Waals surface area contributed by atoms with Crippen LogP contribution in [0.3, 0.4) is 0 Å². The topological polar surface area (TPSA) is 80.8 Å². The number of benzene rings is 1. The van der Waals surface area contributed by atoms with Crippen molar-refractivity contribution in [3.8, 4) is 0 Å². The summed E-state index contributed by atoms with van der Waals surface area (Å²) in [5, 5.41) is 0. The number of carbonyl (C=O) groups excluding carboxylic acids is 2. The molecule has 0 N–H and O–H groups in total. The summed E-state index contributed by atoms with van der Waals surface area (Å²) in [7, 11) is -3.39. The van der Waals surface area contributed by atoms with E-state index in [4.69, 9.17) is 4.74 Å². The molecule has 142 valence electrons. The van der Waals surface area contributed by atoms with Gasteiger partial charge in [0.2, 0.25) is 0 Å². The Morgan fingerprint density at radius 3 is 2.62 bits per heavy atom. The van der Waals surface area contributed by atoms with Crippen molar-refractivity contribution in [2.45, 2.75) is 56.5 Å². The summed E-state index contributed by atoms with van der Waals surface area (Å²) >= 11 is 0. The zero-order valence-electron chi connectivity index (χ0n) is 15.4. The van der Waals surface area contributed by atoms with Crippen LogP contribution in [0.5, 0.6) is 0 Å². The zero-order chi connectivity index (χ0) is 19.1. The summed E-state index contributed by atoms with van der Waals surface area (Å²) in [6.07, 6.45) is 4.00. The highest BCUT2D eigenvalue weighted by Gasteiger charge is 2.61. The Kier molecular flexibility index (Phi) is 4.86. The monoisotopic (exact) mass is 379 g/mol. The average molecular weight is 379 g/mol. The Labute approximate surface area is 154 Å². The first-order valence-corrected chi connectivity index (χ1v) is 10.9. The Balaban J connectivity index is 1.93. The van der Waals surface area contributed by atoms with Crippen LogP contribution >= 0.6 is 0 Å². The van der Waals surface area contributed by atoms with Gasteiger partial charge in [-0.25, -0.2) is 8.42 Å². The SMILES string of the molecule is CCOC(=O)[C@@]1(CC)C[C@H]2CC[C@@H]1N2C(=O)c1cccc(S(C)(=O)=O)c1. The summed E-state index contributed by atoms with van der Waals surface area (Å²) in [5.74, 6) is -0.431. The number of rotatable bonds is 5. The van der Waals surface area contributed by atoms with Gasteiger partial charge in [0.15, 0.2) is 9.84 Å². The molecule has 2 saturated heterocycles. The van der Waals surface area contributed by atoms with Gasteiger partial charge in [0.05, 0.1) is 16.9 Å². The minimum Gasteiger partial charge on any atom is -0.466 e. The minimum atomic E-state index is -3.39. The lowest BCUT2D eigenvalue weighted by Gasteiger charge is -2.34. The van der Waals surface area contributed by atoms with E-state index in [1.54, 1.807) is 24.0 Å². The summed E-state index contributed by atoms with van der Waals surface area (Å²) in [4.78, 5) is 27.7. The molecule has 6 nitrogen and oxygen atoms in total. The smallest absolute Gasteiger partial charge is 0.314 e. The van der Waals surface area contributed by atoms with E-state index in [1.807, 2.05) is 6.92 Å². The maximum atomic E-state index is 13.2. The van der Waals surface area contributed by atoms with Crippen molar-refractivity contribution in [2.75, 3.05) is 12.9 Å². The summed E-state index contributed by atoms with van der Waals surface area (Å²) in [5.41, 5.74) is -0.302. The third-order valence-electron chi connectivity index (χ3n) is 5.80. The average Bonchev–Trinajstić information content (AvgIpc) is 3.17. The van der Waals surface area contributed by atoms with Crippen molar-refractivity contribution in [1.82, 2.24) is 4.90 Å². The van der Waals surface area contributed by atoms with Gasteiger partial charge in [-0.2, -0.15) is 0 Å². The third kappa shape index (κ3) is 2.92. The number of ether oxygens (including phenoxy) is 1. The maximum absolute atomic E-state index is 13.2. The molecule has 0 unspecified atom stereocenters. The van der Waals surface area contributed by atoms with Gasteiger partial charge in [-0.05, 0) is 50.8 Å². The predicted molar refractivity (Wildman–Crippen MR) is 96.5 cm³/mol. The molecule has 0 radical (unpaired) electrons. The van der Waals surface area contributed by atoms with Crippen LogP contribution in [0, 0.1) is 5.41 Å². The molecule has 7 heteroatoms. The van der Waals surface area contributed by atoms with Crippen molar-refractivity contribution in [2.24, 2.45) is 5.41 Å². The molecule has 1 amide bonds. The number of hydrogen-bond acceptors (Lipinski definition) is 5. The maximum Gasteiger partial charge on any atom is 0.314 e. The van der Waals surface area contributed by atoms with Crippen LogP contribution in [0.1, 0.15) is 49.9 Å². The fraction of sp³-hybridized carbons (Fsp3) is 0.579. The van der Waals surface area contributed by atoms with Gasteiger partial charge in [0.1, 0.15) is 0 Å². The number of nitrogens with zero attached hydrogens (tertiary/aromatic N) is 1. The quantitative estimate of drug-likeness (QED) is 0.734. The molecule has 2 aliphatic rings. The van der Waals surface area contributed by atoms with E-state index < -0.39 is 15.3 Å². The Bertz CT molecular complexity index is 834. The first-order chi connectivity index (χ1) is 12.2. The number of fused-ring (bicyclic) bond motifs is 2. The molecule has 1 aromatic carbocycles. The van der Waals surface area contributed by atoms with Gasteiger partial charge in [0.25, 0.3) is 5.91 Å². The van der Waals surface area contributed by atoms with Crippen LogP contribution in [-0.4, -0.2) is 50.1 Å². The van der Waals surface area contributed by atoms with Gasteiger partial charge >= 0.3 is 5.97 Å². The predicted octanol–water partition coefficient (Wildman–Crippen LogP) is 2.43. The highest BCUT2D eigenvalue weighted by molar-refractivity contribution is 7.90. The van der Waals surface area contributed by atoms with Crippen LogP contribution < -0.4 is 0 Å². The van der Waals surface area contributed by atoms with Crippen molar-refractivity contribution < 1.29 is 22.7 Å². The molecule has 2 bridgehead atoms. The molecule has 2 aliphatic heterocycles. The van der Waals surface area contributed by atoms with E-state index in [9.17, 15) is 18.0 Å². The Hall–Kier alpha value is -1.89. The van der Waals surface area contributed by atoms with E-state index in [1.165, 1.54) is 12.1 Å². The van der Waals surface area contributed by atoms with Crippen molar-refractivity contribution in [1.29, 1.82) is 0 Å². The van der Waals surface area contributed by atoms with Gasteiger partial charge in [0, 0.05) is 23.9 Å². The van der Waals surface area contributed by atoms with E-state index >= 15 is 0 Å². The van der Waals surface area contributed by atoms with Crippen LogP contribution in [-0.2, 0) is 19.4 Å². The Morgan fingerprint density at radius 1 is 1.27 bits per heavy atom. The highest BCUT2D eigenvalue weighted by Crippen LogP contribution is 2.52. The first-order valence-electron chi connectivity index (χ1n) is 9.04. The molecule has 3 atom stereocenters. The van der Waals surface area contributed by atoms with Gasteiger partial charge < -0.3 is 9.64 Å². The number of sulfone groups is 1. The molecule has 0 aliphatic carbocycles. The van der Waals surface area contributed by atoms with Crippen LogP contribution in [0.25, 0.3) is 0 Å². The number of esters is 1. The molecule has 2 heterocycles. The highest BCUT2D eigenvalue weighted by atomic mass is 32.2. The largest absolute Gasteiger partial charge is 0.466 e. The molecule has 0 aromatic heterocycles. The van der Waals surface area contributed by atoms with Gasteiger partial charge in [-0.1, -0.05) is 13.0 Å². The second-order valence-corrected chi connectivity index (χ2v) is 9.21. The van der Waals surface area contributed by atoms with Crippen LogP contribution in [0.4, 0.5) is 0 Å². The summed E-state index contributed by atoms with van der Waals surface area (Å²) in [6, 6.07) is 5.93. The first kappa shape index (κ1) is 18.9. The van der Waals surface area contributed by atoms with Gasteiger partial charge in [-0.15, -0.1) is 0 Å². The molecule has 26 heavy (non-hydrogen) atoms. The molecule has 3 rings (SSSR count). The molecular weight excluding hydrogens is 354 g/mol. The van der Waals surface area contributed by atoms with E-state index in [0.29, 0.717) is 25.0 Å². The van der Waals surface area contributed by atoms with Crippen LogP contribution in [0.15, 0.2) is 29.2 Å². The number of amides is 1. The number of hydrogen-bond donors (Lipinski definition) is 0. The fourth-order valence-electron chi connectivity index (χ4n) is 4.52. The second kappa shape index (κ2) is 6.68. The molecular formula is C19H25NO5S. The van der Waals surface area contributed by atoms with Gasteiger partial charge in [-0.3, -0.25) is 9.59 Å². The van der Waals surface area contributed by atoms with Crippen molar-refractivity contribution >= 4 is 21.7 Å². The molecule has 0 spiro atoms. The van der Waals surface area contributed by atoms with Crippen LogP contribution in [0.2, 0.25) is 0 Å². The molecule has 2 fully saturated rings. The molecule has 0 saturated carbocycles.